The van der Waals surface area contributed by atoms with Crippen LogP contribution in [0.5, 0.6) is 0 Å². The lowest BCUT2D eigenvalue weighted by atomic mass is 9.85. The Hall–Kier alpha value is -1.49. The Morgan fingerprint density at radius 3 is 2.93 bits per heavy atom. The zero-order valence-corrected chi connectivity index (χ0v) is 8.16. The van der Waals surface area contributed by atoms with E-state index in [1.807, 2.05) is 24.3 Å². The molecular weight excluding hydrogens is 172 g/mol. The molecule has 1 N–H and O–H groups in total. The molecule has 72 valence electrons. The van der Waals surface area contributed by atoms with Crippen LogP contribution in [0.25, 0.3) is 0 Å². The van der Waals surface area contributed by atoms with Gasteiger partial charge in [0, 0.05) is 12.2 Å². The molecule has 0 heterocycles. The third-order valence-electron chi connectivity index (χ3n) is 2.81. The van der Waals surface area contributed by atoms with Crippen molar-refractivity contribution >= 4 is 5.69 Å². The van der Waals surface area contributed by atoms with Crippen molar-refractivity contribution in [3.8, 4) is 6.07 Å². The van der Waals surface area contributed by atoms with Crippen molar-refractivity contribution in [1.82, 2.24) is 0 Å². The molecule has 0 saturated heterocycles. The average molecular weight is 186 g/mol. The maximum absolute atomic E-state index is 8.72. The second kappa shape index (κ2) is 4.15. The van der Waals surface area contributed by atoms with Crippen molar-refractivity contribution in [2.45, 2.75) is 19.3 Å². The summed E-state index contributed by atoms with van der Waals surface area (Å²) in [7, 11) is 0. The van der Waals surface area contributed by atoms with E-state index in [0.717, 1.165) is 23.7 Å². The first kappa shape index (κ1) is 9.08. The van der Waals surface area contributed by atoms with E-state index in [1.54, 1.807) is 0 Å². The molecule has 2 nitrogen and oxygen atoms in total. The zero-order valence-electron chi connectivity index (χ0n) is 8.16. The molecule has 0 radical (unpaired) electrons. The lowest BCUT2D eigenvalue weighted by molar-refractivity contribution is 0.333. The molecule has 0 atom stereocenters. The predicted octanol–water partition coefficient (Wildman–Crippen LogP) is 2.77. The summed E-state index contributed by atoms with van der Waals surface area (Å²) >= 11 is 0. The lowest BCUT2D eigenvalue weighted by Crippen LogP contribution is -2.20. The van der Waals surface area contributed by atoms with Gasteiger partial charge in [-0.3, -0.25) is 0 Å². The van der Waals surface area contributed by atoms with Gasteiger partial charge in [0.1, 0.15) is 0 Å². The van der Waals surface area contributed by atoms with Crippen molar-refractivity contribution in [3.63, 3.8) is 0 Å². The summed E-state index contributed by atoms with van der Waals surface area (Å²) < 4.78 is 0. The summed E-state index contributed by atoms with van der Waals surface area (Å²) in [4.78, 5) is 0. The van der Waals surface area contributed by atoms with Crippen LogP contribution in [0.15, 0.2) is 24.3 Å². The molecule has 1 aliphatic rings. The van der Waals surface area contributed by atoms with E-state index in [-0.39, 0.29) is 0 Å². The third kappa shape index (κ3) is 2.05. The van der Waals surface area contributed by atoms with Gasteiger partial charge in [-0.05, 0) is 37.0 Å². The Bertz CT molecular complexity index is 348. The Balaban J connectivity index is 1.91. The van der Waals surface area contributed by atoms with E-state index in [9.17, 15) is 0 Å². The summed E-state index contributed by atoms with van der Waals surface area (Å²) in [6.07, 6.45) is 4.08. The zero-order chi connectivity index (χ0) is 9.80. The molecule has 0 aliphatic heterocycles. The van der Waals surface area contributed by atoms with Gasteiger partial charge in [-0.1, -0.05) is 12.5 Å². The fraction of sp³-hybridized carbons (Fsp3) is 0.417. The fourth-order valence-electron chi connectivity index (χ4n) is 1.66. The Morgan fingerprint density at radius 2 is 2.29 bits per heavy atom. The molecule has 1 aromatic carbocycles. The summed E-state index contributed by atoms with van der Waals surface area (Å²) in [6, 6.07) is 9.80. The van der Waals surface area contributed by atoms with Gasteiger partial charge in [-0.2, -0.15) is 5.26 Å². The van der Waals surface area contributed by atoms with Crippen molar-refractivity contribution in [2.75, 3.05) is 11.9 Å². The van der Waals surface area contributed by atoms with E-state index in [2.05, 4.69) is 11.4 Å². The van der Waals surface area contributed by atoms with Crippen molar-refractivity contribution in [3.05, 3.63) is 29.8 Å². The van der Waals surface area contributed by atoms with Crippen LogP contribution in [0.3, 0.4) is 0 Å². The quantitative estimate of drug-likeness (QED) is 0.787. The molecule has 1 saturated carbocycles. The molecule has 0 spiro atoms. The lowest BCUT2D eigenvalue weighted by Gasteiger charge is -2.25. The van der Waals surface area contributed by atoms with Crippen LogP contribution in [-0.4, -0.2) is 6.54 Å². The van der Waals surface area contributed by atoms with Crippen LogP contribution in [-0.2, 0) is 0 Å². The molecule has 0 unspecified atom stereocenters. The number of rotatable bonds is 3. The van der Waals surface area contributed by atoms with Crippen LogP contribution in [0.2, 0.25) is 0 Å². The molecule has 1 aliphatic carbocycles. The average Bonchev–Trinajstić information content (AvgIpc) is 2.16. The minimum absolute atomic E-state index is 0.726. The Morgan fingerprint density at radius 1 is 1.43 bits per heavy atom. The topological polar surface area (TPSA) is 35.8 Å². The highest BCUT2D eigenvalue weighted by molar-refractivity contribution is 5.49. The number of nitriles is 1. The molecule has 14 heavy (non-hydrogen) atoms. The van der Waals surface area contributed by atoms with Crippen LogP contribution in [0, 0.1) is 17.2 Å². The van der Waals surface area contributed by atoms with Gasteiger partial charge < -0.3 is 5.32 Å². The highest BCUT2D eigenvalue weighted by Gasteiger charge is 2.16. The van der Waals surface area contributed by atoms with Gasteiger partial charge in [0.25, 0.3) is 0 Å². The third-order valence-corrected chi connectivity index (χ3v) is 2.81. The summed E-state index contributed by atoms with van der Waals surface area (Å²) in [5.74, 6) is 0.848. The Kier molecular flexibility index (Phi) is 2.69. The van der Waals surface area contributed by atoms with Gasteiger partial charge in [0.2, 0.25) is 0 Å². The highest BCUT2D eigenvalue weighted by atomic mass is 14.9. The number of nitrogens with one attached hydrogen (secondary N) is 1. The summed E-state index contributed by atoms with van der Waals surface area (Å²) in [5.41, 5.74) is 1.79. The Labute approximate surface area is 84.6 Å². The first-order chi connectivity index (χ1) is 6.88. The van der Waals surface area contributed by atoms with E-state index in [1.165, 1.54) is 19.3 Å². The second-order valence-electron chi connectivity index (χ2n) is 3.87. The monoisotopic (exact) mass is 186 g/mol. The van der Waals surface area contributed by atoms with Gasteiger partial charge >= 0.3 is 0 Å². The first-order valence-corrected chi connectivity index (χ1v) is 5.12. The van der Waals surface area contributed by atoms with Crippen LogP contribution in [0.4, 0.5) is 5.69 Å². The van der Waals surface area contributed by atoms with Crippen LogP contribution >= 0.6 is 0 Å². The number of hydrogen-bond acceptors (Lipinski definition) is 2. The number of anilines is 1. The molecular formula is C12H14N2. The largest absolute Gasteiger partial charge is 0.385 e. The van der Waals surface area contributed by atoms with E-state index < -0.39 is 0 Å². The normalized spacial score (nSPS) is 15.6. The van der Waals surface area contributed by atoms with Gasteiger partial charge in [0.15, 0.2) is 0 Å². The van der Waals surface area contributed by atoms with Gasteiger partial charge in [-0.25, -0.2) is 0 Å². The summed E-state index contributed by atoms with van der Waals surface area (Å²) in [5, 5.41) is 12.1. The number of benzene rings is 1. The van der Waals surface area contributed by atoms with Crippen LogP contribution in [0.1, 0.15) is 24.8 Å². The molecule has 1 fully saturated rings. The van der Waals surface area contributed by atoms with Gasteiger partial charge in [0.05, 0.1) is 11.6 Å². The molecule has 2 heteroatoms. The molecule has 2 rings (SSSR count). The van der Waals surface area contributed by atoms with E-state index in [0.29, 0.717) is 0 Å². The van der Waals surface area contributed by atoms with Crippen molar-refractivity contribution in [1.29, 1.82) is 5.26 Å². The molecule has 1 aromatic rings. The maximum Gasteiger partial charge on any atom is 0.0992 e. The number of hydrogen-bond donors (Lipinski definition) is 1. The highest BCUT2D eigenvalue weighted by Crippen LogP contribution is 2.26. The van der Waals surface area contributed by atoms with E-state index in [4.69, 9.17) is 5.26 Å². The van der Waals surface area contributed by atoms with Crippen LogP contribution < -0.4 is 5.32 Å². The second-order valence-corrected chi connectivity index (χ2v) is 3.87. The minimum atomic E-state index is 0.726. The predicted molar refractivity (Wildman–Crippen MR) is 57.0 cm³/mol. The van der Waals surface area contributed by atoms with Gasteiger partial charge in [-0.15, -0.1) is 0 Å². The molecule has 0 amide bonds. The minimum Gasteiger partial charge on any atom is -0.385 e. The van der Waals surface area contributed by atoms with E-state index >= 15 is 0 Å². The summed E-state index contributed by atoms with van der Waals surface area (Å²) in [6.45, 7) is 1.05. The maximum atomic E-state index is 8.72. The first-order valence-electron chi connectivity index (χ1n) is 5.12. The SMILES string of the molecule is N#Cc1cccc(NCC2CCC2)c1. The van der Waals surface area contributed by atoms with Crippen molar-refractivity contribution < 1.29 is 0 Å². The number of nitrogens with zero attached hydrogens (tertiary/aromatic N) is 1. The molecule has 0 bridgehead atoms. The standard InChI is InChI=1S/C12H14N2/c13-8-11-5-2-6-12(7-11)14-9-10-3-1-4-10/h2,5-7,10,14H,1,3-4,9H2. The van der Waals surface area contributed by atoms with Crippen molar-refractivity contribution in [2.24, 2.45) is 5.92 Å². The fourth-order valence-corrected chi connectivity index (χ4v) is 1.66. The molecule has 0 aromatic heterocycles. The smallest absolute Gasteiger partial charge is 0.0992 e.